The molecule has 0 saturated carbocycles. The molecule has 0 spiro atoms. The average Bonchev–Trinajstić information content (AvgIpc) is 1.91. The third-order valence-corrected chi connectivity index (χ3v) is 0.961. The van der Waals surface area contributed by atoms with Gasteiger partial charge in [-0.05, 0) is 12.6 Å². The number of carbonyl (C=O) groups excluding carboxylic acids is 1. The molecule has 0 atom stereocenters. The Morgan fingerprint density at radius 3 is 2.44 bits per heavy atom. The Morgan fingerprint density at radius 1 is 1.44 bits per heavy atom. The van der Waals surface area contributed by atoms with Crippen LogP contribution in [0.5, 0.6) is 0 Å². The van der Waals surface area contributed by atoms with Gasteiger partial charge in [0.25, 0.3) is 0 Å². The van der Waals surface area contributed by atoms with Gasteiger partial charge in [-0.25, -0.2) is 0 Å². The molecule has 0 aromatic heterocycles. The van der Waals surface area contributed by atoms with Gasteiger partial charge in [0.05, 0.1) is 0 Å². The lowest BCUT2D eigenvalue weighted by molar-refractivity contribution is -0.115. The van der Waals surface area contributed by atoms with E-state index in [2.05, 4.69) is 13.2 Å². The van der Waals surface area contributed by atoms with Gasteiger partial charge in [-0.2, -0.15) is 0 Å². The minimum atomic E-state index is 0.677. The Morgan fingerprint density at radius 2 is 2.11 bits per heavy atom. The summed E-state index contributed by atoms with van der Waals surface area (Å²) in [5.41, 5.74) is 0. The summed E-state index contributed by atoms with van der Waals surface area (Å²) in [5, 5.41) is 0. The molecule has 0 unspecified atom stereocenters. The van der Waals surface area contributed by atoms with Crippen molar-refractivity contribution in [3.63, 3.8) is 0 Å². The van der Waals surface area contributed by atoms with Crippen LogP contribution in [0.3, 0.4) is 0 Å². The lowest BCUT2D eigenvalue weighted by Gasteiger charge is -2.07. The molecule has 2 nitrogen and oxygen atoms in total. The summed E-state index contributed by atoms with van der Waals surface area (Å²) < 4.78 is 0. The van der Waals surface area contributed by atoms with E-state index in [0.717, 1.165) is 12.8 Å². The predicted molar refractivity (Wildman–Crippen MR) is 37.8 cm³/mol. The summed E-state index contributed by atoms with van der Waals surface area (Å²) in [6, 6.07) is 0. The minimum Gasteiger partial charge on any atom is -0.322 e. The molecule has 0 heterocycles. The monoisotopic (exact) mass is 125 g/mol. The maximum Gasteiger partial charge on any atom is 0.213 e. The van der Waals surface area contributed by atoms with E-state index in [0.29, 0.717) is 6.54 Å². The van der Waals surface area contributed by atoms with E-state index in [1.54, 1.807) is 6.08 Å². The van der Waals surface area contributed by atoms with Crippen molar-refractivity contribution in [1.82, 2.24) is 4.90 Å². The van der Waals surface area contributed by atoms with E-state index >= 15 is 0 Å². The van der Waals surface area contributed by atoms with Crippen LogP contribution in [0.4, 0.5) is 0 Å². The SMILES string of the molecule is C=CCCN(C=C)C=O. The number of carbonyl (C=O) groups is 1. The van der Waals surface area contributed by atoms with Crippen molar-refractivity contribution < 1.29 is 4.79 Å². The van der Waals surface area contributed by atoms with Crippen LogP contribution in [0.25, 0.3) is 0 Å². The highest BCUT2D eigenvalue weighted by atomic mass is 16.1. The molecule has 0 bridgehead atoms. The number of rotatable bonds is 5. The van der Waals surface area contributed by atoms with Crippen molar-refractivity contribution >= 4 is 6.41 Å². The third-order valence-electron chi connectivity index (χ3n) is 0.961. The Balaban J connectivity index is 3.41. The zero-order valence-corrected chi connectivity index (χ0v) is 5.42. The van der Waals surface area contributed by atoms with Gasteiger partial charge < -0.3 is 4.90 Å². The molecule has 0 aromatic rings. The molecular weight excluding hydrogens is 114 g/mol. The van der Waals surface area contributed by atoms with Crippen molar-refractivity contribution in [2.24, 2.45) is 0 Å². The van der Waals surface area contributed by atoms with Gasteiger partial charge in [0, 0.05) is 6.54 Å². The van der Waals surface area contributed by atoms with E-state index in [9.17, 15) is 4.79 Å². The van der Waals surface area contributed by atoms with Crippen LogP contribution in [0.1, 0.15) is 6.42 Å². The first-order valence-electron chi connectivity index (χ1n) is 2.79. The molecule has 0 aromatic carbocycles. The summed E-state index contributed by atoms with van der Waals surface area (Å²) in [6.07, 6.45) is 4.82. The van der Waals surface area contributed by atoms with Crippen LogP contribution in [-0.4, -0.2) is 17.9 Å². The van der Waals surface area contributed by atoms with E-state index in [-0.39, 0.29) is 0 Å². The molecular formula is C7H11NO. The highest BCUT2D eigenvalue weighted by molar-refractivity contribution is 5.48. The second-order valence-electron chi connectivity index (χ2n) is 1.60. The molecule has 0 aliphatic rings. The molecule has 0 aliphatic heterocycles. The zero-order chi connectivity index (χ0) is 7.11. The summed E-state index contributed by atoms with van der Waals surface area (Å²) in [5.74, 6) is 0. The second kappa shape index (κ2) is 5.09. The van der Waals surface area contributed by atoms with Gasteiger partial charge in [-0.15, -0.1) is 6.58 Å². The van der Waals surface area contributed by atoms with Crippen LogP contribution in [-0.2, 0) is 4.79 Å². The van der Waals surface area contributed by atoms with E-state index in [1.165, 1.54) is 11.1 Å². The fourth-order valence-electron chi connectivity index (χ4n) is 0.427. The predicted octanol–water partition coefficient (Wildman–Crippen LogP) is 1.16. The van der Waals surface area contributed by atoms with Gasteiger partial charge in [0.1, 0.15) is 0 Å². The number of amides is 1. The highest BCUT2D eigenvalue weighted by Gasteiger charge is 1.89. The first-order chi connectivity index (χ1) is 4.35. The smallest absolute Gasteiger partial charge is 0.213 e. The molecule has 0 rings (SSSR count). The van der Waals surface area contributed by atoms with Crippen molar-refractivity contribution in [3.05, 3.63) is 25.4 Å². The van der Waals surface area contributed by atoms with E-state index in [1.807, 2.05) is 0 Å². The van der Waals surface area contributed by atoms with Crippen molar-refractivity contribution in [2.45, 2.75) is 6.42 Å². The molecule has 0 fully saturated rings. The van der Waals surface area contributed by atoms with Crippen molar-refractivity contribution in [1.29, 1.82) is 0 Å². The van der Waals surface area contributed by atoms with Gasteiger partial charge in [-0.3, -0.25) is 4.79 Å². The van der Waals surface area contributed by atoms with Crippen LogP contribution in [0, 0.1) is 0 Å². The molecule has 0 saturated heterocycles. The van der Waals surface area contributed by atoms with Crippen LogP contribution in [0.2, 0.25) is 0 Å². The standard InChI is InChI=1S/C7H11NO/c1-3-5-6-8(4-2)7-9/h3-4,7H,1-2,5-6H2. The van der Waals surface area contributed by atoms with Crippen LogP contribution < -0.4 is 0 Å². The van der Waals surface area contributed by atoms with Crippen molar-refractivity contribution in [3.8, 4) is 0 Å². The lowest BCUT2D eigenvalue weighted by Crippen LogP contribution is -2.14. The summed E-state index contributed by atoms with van der Waals surface area (Å²) >= 11 is 0. The quantitative estimate of drug-likeness (QED) is 0.399. The normalized spacial score (nSPS) is 8.00. The largest absolute Gasteiger partial charge is 0.322 e. The Hall–Kier alpha value is -1.05. The van der Waals surface area contributed by atoms with Gasteiger partial charge >= 0.3 is 0 Å². The minimum absolute atomic E-state index is 0.677. The maximum atomic E-state index is 10.1. The maximum absolute atomic E-state index is 10.1. The Labute approximate surface area is 55.5 Å². The summed E-state index contributed by atoms with van der Waals surface area (Å²) in [6.45, 7) is 7.65. The number of hydrogen-bond acceptors (Lipinski definition) is 1. The van der Waals surface area contributed by atoms with Crippen LogP contribution >= 0.6 is 0 Å². The fraction of sp³-hybridized carbons (Fsp3) is 0.286. The first kappa shape index (κ1) is 7.95. The topological polar surface area (TPSA) is 20.3 Å². The second-order valence-corrected chi connectivity index (χ2v) is 1.60. The average molecular weight is 125 g/mol. The van der Waals surface area contributed by atoms with Gasteiger partial charge in [0.15, 0.2) is 0 Å². The molecule has 9 heavy (non-hydrogen) atoms. The zero-order valence-electron chi connectivity index (χ0n) is 5.42. The third kappa shape index (κ3) is 3.53. The molecule has 0 radical (unpaired) electrons. The number of nitrogens with zero attached hydrogens (tertiary/aromatic N) is 1. The molecule has 2 heteroatoms. The van der Waals surface area contributed by atoms with Crippen LogP contribution in [0.15, 0.2) is 25.4 Å². The first-order valence-corrected chi connectivity index (χ1v) is 2.79. The molecule has 0 aliphatic carbocycles. The van der Waals surface area contributed by atoms with E-state index in [4.69, 9.17) is 0 Å². The highest BCUT2D eigenvalue weighted by Crippen LogP contribution is 1.86. The molecule has 1 amide bonds. The van der Waals surface area contributed by atoms with Crippen molar-refractivity contribution in [2.75, 3.05) is 6.54 Å². The van der Waals surface area contributed by atoms with Gasteiger partial charge in [-0.1, -0.05) is 12.7 Å². The molecule has 0 N–H and O–H groups in total. The summed E-state index contributed by atoms with van der Waals surface area (Å²) in [7, 11) is 0. The molecule has 50 valence electrons. The Bertz CT molecular complexity index is 101. The Kier molecular flexibility index (Phi) is 4.50. The lowest BCUT2D eigenvalue weighted by atomic mass is 10.4. The number of hydrogen-bond donors (Lipinski definition) is 0. The fourth-order valence-corrected chi connectivity index (χ4v) is 0.427. The summed E-state index contributed by atoms with van der Waals surface area (Å²) in [4.78, 5) is 11.5. The van der Waals surface area contributed by atoms with E-state index < -0.39 is 0 Å². The van der Waals surface area contributed by atoms with Gasteiger partial charge in [0.2, 0.25) is 6.41 Å².